The Labute approximate surface area is 271 Å². The summed E-state index contributed by atoms with van der Waals surface area (Å²) in [6, 6.07) is 56.3. The predicted molar refractivity (Wildman–Crippen MR) is 192 cm³/mol. The van der Waals surface area contributed by atoms with E-state index in [1.54, 1.807) is 0 Å². The molecular formula is C43H27N3O. The topological polar surface area (TPSA) is 51.8 Å². The molecular weight excluding hydrogens is 574 g/mol. The molecule has 2 heterocycles. The molecule has 0 radical (unpaired) electrons. The molecule has 0 bridgehead atoms. The molecule has 2 aromatic heterocycles. The number of hydrogen-bond acceptors (Lipinski definition) is 4. The molecule has 0 amide bonds. The van der Waals surface area contributed by atoms with Gasteiger partial charge in [-0.3, -0.25) is 0 Å². The standard InChI is InChI=1S/C43H27N3O/c1-4-12-28(13-5-1)29-20-22-32(23-21-29)42-44-41(31-16-8-3-9-17-31)45-43(46-42)40-35(30-14-6-2-7-15-30)24-25-37-39(40)36-26-33-18-10-11-19-34(33)27-38(36)47-37/h1-27H. The molecule has 0 unspecified atom stereocenters. The van der Waals surface area contributed by atoms with E-state index in [0.29, 0.717) is 17.5 Å². The van der Waals surface area contributed by atoms with E-state index in [-0.39, 0.29) is 0 Å². The first-order valence-corrected chi connectivity index (χ1v) is 15.7. The summed E-state index contributed by atoms with van der Waals surface area (Å²) >= 11 is 0. The number of hydrogen-bond donors (Lipinski definition) is 0. The second kappa shape index (κ2) is 11.2. The van der Waals surface area contributed by atoms with Gasteiger partial charge in [-0.1, -0.05) is 140 Å². The zero-order valence-corrected chi connectivity index (χ0v) is 25.3. The van der Waals surface area contributed by atoms with Crippen LogP contribution in [0, 0.1) is 0 Å². The fourth-order valence-electron chi connectivity index (χ4n) is 6.42. The third-order valence-corrected chi connectivity index (χ3v) is 8.73. The van der Waals surface area contributed by atoms with E-state index in [1.165, 1.54) is 5.56 Å². The Morgan fingerprint density at radius 3 is 1.51 bits per heavy atom. The van der Waals surface area contributed by atoms with Crippen molar-refractivity contribution >= 4 is 32.7 Å². The number of benzene rings is 7. The van der Waals surface area contributed by atoms with E-state index in [9.17, 15) is 0 Å². The molecule has 0 aliphatic heterocycles. The highest BCUT2D eigenvalue weighted by molar-refractivity contribution is 6.17. The molecule has 0 saturated carbocycles. The monoisotopic (exact) mass is 601 g/mol. The summed E-state index contributed by atoms with van der Waals surface area (Å²) < 4.78 is 6.53. The van der Waals surface area contributed by atoms with Crippen molar-refractivity contribution in [2.24, 2.45) is 0 Å². The van der Waals surface area contributed by atoms with Gasteiger partial charge >= 0.3 is 0 Å². The number of nitrogens with zero attached hydrogens (tertiary/aromatic N) is 3. The van der Waals surface area contributed by atoms with Crippen LogP contribution < -0.4 is 0 Å². The maximum atomic E-state index is 6.53. The van der Waals surface area contributed by atoms with Gasteiger partial charge < -0.3 is 4.42 Å². The Hall–Kier alpha value is -6.39. The van der Waals surface area contributed by atoms with Crippen LogP contribution in [0.3, 0.4) is 0 Å². The summed E-state index contributed by atoms with van der Waals surface area (Å²) in [4.78, 5) is 15.4. The quantitative estimate of drug-likeness (QED) is 0.197. The SMILES string of the molecule is c1ccc(-c2ccc(-c3nc(-c4ccccc4)nc(-c4c(-c5ccccc5)ccc5oc6cc7ccccc7cc6c45)n3)cc2)cc1. The van der Waals surface area contributed by atoms with Crippen LogP contribution in [0.5, 0.6) is 0 Å². The largest absolute Gasteiger partial charge is 0.456 e. The Morgan fingerprint density at radius 2 is 0.851 bits per heavy atom. The minimum absolute atomic E-state index is 0.598. The van der Waals surface area contributed by atoms with Gasteiger partial charge in [0.1, 0.15) is 11.2 Å². The molecule has 4 nitrogen and oxygen atoms in total. The van der Waals surface area contributed by atoms with Gasteiger partial charge in [0.25, 0.3) is 0 Å². The molecule has 0 spiro atoms. The van der Waals surface area contributed by atoms with Crippen LogP contribution in [-0.4, -0.2) is 15.0 Å². The van der Waals surface area contributed by atoms with Crippen LogP contribution in [0.25, 0.3) is 89.1 Å². The van der Waals surface area contributed by atoms with E-state index in [1.807, 2.05) is 42.5 Å². The highest BCUT2D eigenvalue weighted by Gasteiger charge is 2.22. The second-order valence-electron chi connectivity index (χ2n) is 11.6. The highest BCUT2D eigenvalue weighted by Crippen LogP contribution is 2.43. The summed E-state index contributed by atoms with van der Waals surface area (Å²) in [7, 11) is 0. The van der Waals surface area contributed by atoms with Crippen molar-refractivity contribution in [2.45, 2.75) is 0 Å². The smallest absolute Gasteiger partial charge is 0.165 e. The molecule has 0 fully saturated rings. The average Bonchev–Trinajstić information content (AvgIpc) is 3.51. The number of rotatable bonds is 5. The minimum Gasteiger partial charge on any atom is -0.456 e. The fraction of sp³-hybridized carbons (Fsp3) is 0. The summed E-state index contributed by atoms with van der Waals surface area (Å²) in [5, 5.41) is 4.31. The van der Waals surface area contributed by atoms with E-state index < -0.39 is 0 Å². The van der Waals surface area contributed by atoms with Crippen molar-refractivity contribution in [2.75, 3.05) is 0 Å². The summed E-state index contributed by atoms with van der Waals surface area (Å²) in [5.74, 6) is 1.83. The Morgan fingerprint density at radius 1 is 0.362 bits per heavy atom. The van der Waals surface area contributed by atoms with Crippen molar-refractivity contribution in [3.8, 4) is 56.4 Å². The van der Waals surface area contributed by atoms with Gasteiger partial charge in [-0.15, -0.1) is 0 Å². The lowest BCUT2D eigenvalue weighted by Gasteiger charge is -2.13. The third kappa shape index (κ3) is 4.84. The molecule has 47 heavy (non-hydrogen) atoms. The van der Waals surface area contributed by atoms with Crippen LogP contribution >= 0.6 is 0 Å². The van der Waals surface area contributed by atoms with Crippen LogP contribution in [0.2, 0.25) is 0 Å². The average molecular weight is 602 g/mol. The van der Waals surface area contributed by atoms with E-state index in [0.717, 1.165) is 66.1 Å². The molecule has 0 atom stereocenters. The first-order valence-electron chi connectivity index (χ1n) is 15.7. The van der Waals surface area contributed by atoms with Crippen LogP contribution in [-0.2, 0) is 0 Å². The van der Waals surface area contributed by atoms with Crippen LogP contribution in [0.15, 0.2) is 168 Å². The minimum atomic E-state index is 0.598. The van der Waals surface area contributed by atoms with Gasteiger partial charge in [-0.2, -0.15) is 0 Å². The molecule has 4 heteroatoms. The van der Waals surface area contributed by atoms with Crippen molar-refractivity contribution in [3.63, 3.8) is 0 Å². The molecule has 0 aliphatic carbocycles. The Bertz CT molecular complexity index is 2540. The Kier molecular flexibility index (Phi) is 6.43. The third-order valence-electron chi connectivity index (χ3n) is 8.73. The molecule has 7 aromatic carbocycles. The molecule has 0 saturated heterocycles. The van der Waals surface area contributed by atoms with Crippen LogP contribution in [0.1, 0.15) is 0 Å². The summed E-state index contributed by atoms with van der Waals surface area (Å²) in [6.07, 6.45) is 0. The zero-order valence-electron chi connectivity index (χ0n) is 25.3. The van der Waals surface area contributed by atoms with Crippen molar-refractivity contribution in [1.82, 2.24) is 15.0 Å². The van der Waals surface area contributed by atoms with Gasteiger partial charge in [0.2, 0.25) is 0 Å². The molecule has 0 N–H and O–H groups in total. The van der Waals surface area contributed by atoms with Crippen molar-refractivity contribution in [3.05, 3.63) is 164 Å². The van der Waals surface area contributed by atoms with E-state index in [4.69, 9.17) is 19.4 Å². The van der Waals surface area contributed by atoms with Gasteiger partial charge in [0.05, 0.1) is 0 Å². The lowest BCUT2D eigenvalue weighted by Crippen LogP contribution is -2.01. The summed E-state index contributed by atoms with van der Waals surface area (Å²) in [6.45, 7) is 0. The van der Waals surface area contributed by atoms with Crippen molar-refractivity contribution < 1.29 is 4.42 Å². The van der Waals surface area contributed by atoms with Gasteiger partial charge in [-0.05, 0) is 57.3 Å². The fourth-order valence-corrected chi connectivity index (χ4v) is 6.42. The molecule has 9 rings (SSSR count). The number of aromatic nitrogens is 3. The maximum absolute atomic E-state index is 6.53. The molecule has 220 valence electrons. The van der Waals surface area contributed by atoms with Gasteiger partial charge in [0, 0.05) is 27.5 Å². The maximum Gasteiger partial charge on any atom is 0.165 e. The molecule has 9 aromatic rings. The van der Waals surface area contributed by atoms with E-state index in [2.05, 4.69) is 121 Å². The lowest BCUT2D eigenvalue weighted by atomic mass is 9.94. The van der Waals surface area contributed by atoms with Crippen molar-refractivity contribution in [1.29, 1.82) is 0 Å². The first kappa shape index (κ1) is 27.0. The van der Waals surface area contributed by atoms with E-state index >= 15 is 0 Å². The van der Waals surface area contributed by atoms with Crippen LogP contribution in [0.4, 0.5) is 0 Å². The lowest BCUT2D eigenvalue weighted by molar-refractivity contribution is 0.669. The number of fused-ring (bicyclic) bond motifs is 4. The zero-order chi connectivity index (χ0) is 31.2. The second-order valence-corrected chi connectivity index (χ2v) is 11.6. The Balaban J connectivity index is 1.33. The number of furan rings is 1. The predicted octanol–water partition coefficient (Wildman–Crippen LogP) is 11.3. The summed E-state index contributed by atoms with van der Waals surface area (Å²) in [5.41, 5.74) is 8.81. The normalized spacial score (nSPS) is 11.4. The molecule has 0 aliphatic rings. The highest BCUT2D eigenvalue weighted by atomic mass is 16.3. The van der Waals surface area contributed by atoms with Gasteiger partial charge in [0.15, 0.2) is 17.5 Å². The van der Waals surface area contributed by atoms with Gasteiger partial charge in [-0.25, -0.2) is 15.0 Å². The first-order chi connectivity index (χ1) is 23.3.